The summed E-state index contributed by atoms with van der Waals surface area (Å²) >= 11 is 0. The van der Waals surface area contributed by atoms with Crippen LogP contribution in [-0.2, 0) is 19.3 Å². The Morgan fingerprint density at radius 3 is 2.14 bits per heavy atom. The van der Waals surface area contributed by atoms with Gasteiger partial charge in [-0.2, -0.15) is 0 Å². The first-order chi connectivity index (χ1) is 14.3. The normalized spacial score (nSPS) is 14.6. The van der Waals surface area contributed by atoms with Gasteiger partial charge in [0.15, 0.2) is 0 Å². The summed E-state index contributed by atoms with van der Waals surface area (Å²) in [5.74, 6) is 0. The molecule has 0 N–H and O–H groups in total. The van der Waals surface area contributed by atoms with Gasteiger partial charge in [-0.15, -0.1) is 0 Å². The molecule has 0 amide bonds. The van der Waals surface area contributed by atoms with Crippen molar-refractivity contribution in [3.8, 4) is 22.3 Å². The predicted octanol–water partition coefficient (Wildman–Crippen LogP) is 6.50. The minimum Gasteiger partial charge on any atom is -0.344 e. The summed E-state index contributed by atoms with van der Waals surface area (Å²) in [6.45, 7) is 0. The van der Waals surface area contributed by atoms with Gasteiger partial charge in [-0.25, -0.2) is 0 Å². The second-order valence-electron chi connectivity index (χ2n) is 8.64. The Labute approximate surface area is 171 Å². The van der Waals surface area contributed by atoms with Crippen LogP contribution in [0.3, 0.4) is 0 Å². The van der Waals surface area contributed by atoms with Crippen LogP contribution in [0.4, 0.5) is 11.4 Å². The topological polar surface area (TPSA) is 3.24 Å². The Bertz CT molecular complexity index is 1340. The molecule has 0 fully saturated rings. The van der Waals surface area contributed by atoms with Gasteiger partial charge >= 0.3 is 0 Å². The molecule has 1 aliphatic heterocycles. The zero-order chi connectivity index (χ0) is 19.1. The molecule has 0 spiro atoms. The molecule has 0 aromatic heterocycles. The highest BCUT2D eigenvalue weighted by atomic mass is 15.1. The van der Waals surface area contributed by atoms with Gasteiger partial charge < -0.3 is 4.90 Å². The summed E-state index contributed by atoms with van der Waals surface area (Å²) in [6.07, 6.45) is 3.13. The minimum atomic E-state index is 1.02. The molecule has 0 bridgehead atoms. The van der Waals surface area contributed by atoms with Gasteiger partial charge in [-0.3, -0.25) is 0 Å². The van der Waals surface area contributed by atoms with Gasteiger partial charge in [0.25, 0.3) is 0 Å². The zero-order valence-electron chi connectivity index (χ0n) is 16.5. The van der Waals surface area contributed by atoms with Crippen molar-refractivity contribution in [2.24, 2.45) is 0 Å². The molecule has 1 heterocycles. The molecule has 2 aliphatic carbocycles. The third kappa shape index (κ3) is 2.00. The standard InChI is InChI=1S/C28H21N/c1-29-26-11-10-19-12-18-7-3-5-9-23(18)28(19)25(26)15-21-14-24-20(16-27(21)29)13-17-6-2-4-8-22(17)24/h2-11,14,16H,12-13,15H2,1H3. The minimum absolute atomic E-state index is 1.02. The maximum Gasteiger partial charge on any atom is 0.0450 e. The number of rotatable bonds is 0. The quantitative estimate of drug-likeness (QED) is 0.294. The first-order valence-electron chi connectivity index (χ1n) is 10.5. The molecule has 0 saturated heterocycles. The van der Waals surface area contributed by atoms with Crippen LogP contribution >= 0.6 is 0 Å². The Morgan fingerprint density at radius 2 is 1.28 bits per heavy atom. The third-order valence-corrected chi connectivity index (χ3v) is 7.12. The van der Waals surface area contributed by atoms with E-state index in [0.29, 0.717) is 0 Å². The Balaban J connectivity index is 1.44. The van der Waals surface area contributed by atoms with Gasteiger partial charge in [0.1, 0.15) is 0 Å². The van der Waals surface area contributed by atoms with E-state index in [1.54, 1.807) is 0 Å². The number of benzene rings is 4. The van der Waals surface area contributed by atoms with Gasteiger partial charge in [-0.05, 0) is 86.7 Å². The fraction of sp³-hybridized carbons (Fsp3) is 0.143. The fourth-order valence-corrected chi connectivity index (χ4v) is 5.77. The highest BCUT2D eigenvalue weighted by Crippen LogP contribution is 2.49. The van der Waals surface area contributed by atoms with Crippen molar-refractivity contribution < 1.29 is 0 Å². The third-order valence-electron chi connectivity index (χ3n) is 7.12. The molecule has 0 radical (unpaired) electrons. The molecule has 4 aromatic carbocycles. The van der Waals surface area contributed by atoms with Gasteiger partial charge in [-0.1, -0.05) is 54.6 Å². The van der Waals surface area contributed by atoms with E-state index in [4.69, 9.17) is 0 Å². The van der Waals surface area contributed by atoms with Crippen LogP contribution in [-0.4, -0.2) is 7.05 Å². The van der Waals surface area contributed by atoms with Crippen molar-refractivity contribution in [3.63, 3.8) is 0 Å². The predicted molar refractivity (Wildman–Crippen MR) is 120 cm³/mol. The number of nitrogens with zero attached hydrogens (tertiary/aromatic N) is 1. The number of anilines is 2. The molecular weight excluding hydrogens is 350 g/mol. The van der Waals surface area contributed by atoms with Crippen molar-refractivity contribution >= 4 is 11.4 Å². The second kappa shape index (κ2) is 5.39. The molecule has 29 heavy (non-hydrogen) atoms. The Hall–Kier alpha value is -3.32. The van der Waals surface area contributed by atoms with Gasteiger partial charge in [0.05, 0.1) is 0 Å². The smallest absolute Gasteiger partial charge is 0.0450 e. The molecule has 0 saturated carbocycles. The van der Waals surface area contributed by atoms with Crippen LogP contribution in [0.2, 0.25) is 0 Å². The van der Waals surface area contributed by atoms with Crippen molar-refractivity contribution in [2.45, 2.75) is 19.3 Å². The van der Waals surface area contributed by atoms with E-state index in [9.17, 15) is 0 Å². The van der Waals surface area contributed by atoms with Crippen LogP contribution in [0.15, 0.2) is 72.8 Å². The number of hydrogen-bond donors (Lipinski definition) is 0. The summed E-state index contributed by atoms with van der Waals surface area (Å²) in [4.78, 5) is 2.42. The van der Waals surface area contributed by atoms with Crippen LogP contribution in [0.1, 0.15) is 33.4 Å². The SMILES string of the molecule is CN1c2cc3c(cc2Cc2c1ccc1c2-c2ccccc2C1)-c1ccccc1C3. The summed E-state index contributed by atoms with van der Waals surface area (Å²) in [5, 5.41) is 0. The van der Waals surface area contributed by atoms with E-state index in [2.05, 4.69) is 84.7 Å². The highest BCUT2D eigenvalue weighted by Gasteiger charge is 2.30. The average molecular weight is 371 g/mol. The van der Waals surface area contributed by atoms with E-state index in [1.807, 2.05) is 0 Å². The monoisotopic (exact) mass is 371 g/mol. The van der Waals surface area contributed by atoms with E-state index < -0.39 is 0 Å². The fourth-order valence-electron chi connectivity index (χ4n) is 5.77. The van der Waals surface area contributed by atoms with E-state index in [1.165, 1.54) is 67.0 Å². The molecular formula is C28H21N. The van der Waals surface area contributed by atoms with Gasteiger partial charge in [0, 0.05) is 24.8 Å². The number of fused-ring (bicyclic) bond motifs is 9. The molecule has 4 aromatic rings. The lowest BCUT2D eigenvalue weighted by atomic mass is 9.87. The van der Waals surface area contributed by atoms with Crippen LogP contribution in [0.5, 0.6) is 0 Å². The highest BCUT2D eigenvalue weighted by molar-refractivity contribution is 5.90. The van der Waals surface area contributed by atoms with Crippen molar-refractivity contribution in [1.29, 1.82) is 0 Å². The lowest BCUT2D eigenvalue weighted by Crippen LogP contribution is -2.19. The summed E-state index contributed by atoms with van der Waals surface area (Å²) in [6, 6.07) is 27.4. The van der Waals surface area contributed by atoms with E-state index in [0.717, 1.165) is 19.3 Å². The van der Waals surface area contributed by atoms with Crippen LogP contribution < -0.4 is 4.90 Å². The molecule has 0 atom stereocenters. The van der Waals surface area contributed by atoms with Crippen molar-refractivity contribution in [3.05, 3.63) is 106 Å². The van der Waals surface area contributed by atoms with Crippen molar-refractivity contribution in [2.75, 3.05) is 11.9 Å². The van der Waals surface area contributed by atoms with Crippen LogP contribution in [0, 0.1) is 0 Å². The van der Waals surface area contributed by atoms with Crippen LogP contribution in [0.25, 0.3) is 22.3 Å². The van der Waals surface area contributed by atoms with Crippen molar-refractivity contribution in [1.82, 2.24) is 0 Å². The first kappa shape index (κ1) is 15.6. The maximum absolute atomic E-state index is 2.47. The Morgan fingerprint density at radius 1 is 0.552 bits per heavy atom. The molecule has 1 heteroatoms. The second-order valence-corrected chi connectivity index (χ2v) is 8.64. The lowest BCUT2D eigenvalue weighted by molar-refractivity contribution is 1.05. The lowest BCUT2D eigenvalue weighted by Gasteiger charge is -2.32. The maximum atomic E-state index is 2.47. The van der Waals surface area contributed by atoms with E-state index in [-0.39, 0.29) is 0 Å². The first-order valence-corrected chi connectivity index (χ1v) is 10.5. The van der Waals surface area contributed by atoms with Gasteiger partial charge in [0.2, 0.25) is 0 Å². The molecule has 1 nitrogen and oxygen atoms in total. The largest absolute Gasteiger partial charge is 0.344 e. The molecule has 3 aliphatic rings. The summed E-state index contributed by atoms with van der Waals surface area (Å²) in [5.41, 5.74) is 17.3. The average Bonchev–Trinajstić information content (AvgIpc) is 3.30. The zero-order valence-corrected chi connectivity index (χ0v) is 16.5. The molecule has 0 unspecified atom stereocenters. The van der Waals surface area contributed by atoms with E-state index >= 15 is 0 Å². The molecule has 138 valence electrons. The Kier molecular flexibility index (Phi) is 2.90. The molecule has 7 rings (SSSR count). The summed E-state index contributed by atoms with van der Waals surface area (Å²) in [7, 11) is 2.23. The number of hydrogen-bond acceptors (Lipinski definition) is 1. The summed E-state index contributed by atoms with van der Waals surface area (Å²) < 4.78 is 0.